The predicted octanol–water partition coefficient (Wildman–Crippen LogP) is 4.50. The number of ether oxygens (including phenoxy) is 1. The molecule has 1 N–H and O–H groups in total. The number of rotatable bonds is 4. The maximum atomic E-state index is 11.3. The third-order valence-electron chi connectivity index (χ3n) is 2.80. The Morgan fingerprint density at radius 1 is 1.25 bits per heavy atom. The molecule has 3 nitrogen and oxygen atoms in total. The van der Waals surface area contributed by atoms with Crippen LogP contribution in [-0.4, -0.2) is 13.1 Å². The van der Waals surface area contributed by atoms with Crippen molar-refractivity contribution in [2.24, 2.45) is 0 Å². The largest absolute Gasteiger partial charge is 0.465 e. The lowest BCUT2D eigenvalue weighted by molar-refractivity contribution is 0.0601. The Morgan fingerprint density at radius 3 is 2.60 bits per heavy atom. The molecule has 0 fully saturated rings. The van der Waals surface area contributed by atoms with E-state index in [2.05, 4.69) is 26.0 Å². The highest BCUT2D eigenvalue weighted by Gasteiger charge is 2.05. The second kappa shape index (κ2) is 6.77. The Kier molecular flexibility index (Phi) is 5.04. The van der Waals surface area contributed by atoms with Gasteiger partial charge in [-0.15, -0.1) is 0 Å². The molecular formula is C15H13BrClNO2. The molecule has 2 aromatic carbocycles. The molecule has 5 heteroatoms. The summed E-state index contributed by atoms with van der Waals surface area (Å²) in [6.45, 7) is 0.607. The van der Waals surface area contributed by atoms with Crippen molar-refractivity contribution >= 4 is 39.2 Å². The number of hydrogen-bond acceptors (Lipinski definition) is 3. The van der Waals surface area contributed by atoms with Gasteiger partial charge in [-0.1, -0.05) is 27.5 Å². The molecule has 0 aliphatic carbocycles. The fraction of sp³-hybridized carbons (Fsp3) is 0.133. The summed E-state index contributed by atoms with van der Waals surface area (Å²) in [5.41, 5.74) is 2.44. The van der Waals surface area contributed by atoms with Crippen molar-refractivity contribution < 1.29 is 9.53 Å². The molecule has 2 aromatic rings. The Morgan fingerprint density at radius 2 is 1.95 bits per heavy atom. The van der Waals surface area contributed by atoms with Gasteiger partial charge in [-0.25, -0.2) is 4.79 Å². The highest BCUT2D eigenvalue weighted by molar-refractivity contribution is 9.10. The first kappa shape index (κ1) is 14.9. The van der Waals surface area contributed by atoms with Crippen molar-refractivity contribution in [1.82, 2.24) is 0 Å². The van der Waals surface area contributed by atoms with Crippen LogP contribution in [0.4, 0.5) is 5.69 Å². The fourth-order valence-corrected chi connectivity index (χ4v) is 2.31. The van der Waals surface area contributed by atoms with E-state index < -0.39 is 0 Å². The SMILES string of the molecule is COC(=O)c1ccc(NCc2cc(Br)ccc2Cl)cc1. The minimum atomic E-state index is -0.341. The van der Waals surface area contributed by atoms with E-state index in [1.54, 1.807) is 12.1 Å². The van der Waals surface area contributed by atoms with Gasteiger partial charge in [0.05, 0.1) is 12.7 Å². The van der Waals surface area contributed by atoms with Gasteiger partial charge in [-0.05, 0) is 48.0 Å². The average Bonchev–Trinajstić information content (AvgIpc) is 2.48. The van der Waals surface area contributed by atoms with E-state index in [9.17, 15) is 4.79 Å². The smallest absolute Gasteiger partial charge is 0.337 e. The van der Waals surface area contributed by atoms with Gasteiger partial charge < -0.3 is 10.1 Å². The van der Waals surface area contributed by atoms with Gasteiger partial charge in [0, 0.05) is 21.7 Å². The number of nitrogens with one attached hydrogen (secondary N) is 1. The van der Waals surface area contributed by atoms with E-state index in [1.165, 1.54) is 7.11 Å². The average molecular weight is 355 g/mol. The molecule has 0 spiro atoms. The molecule has 0 bridgehead atoms. The van der Waals surface area contributed by atoms with Gasteiger partial charge in [0.15, 0.2) is 0 Å². The summed E-state index contributed by atoms with van der Waals surface area (Å²) in [5.74, 6) is -0.341. The van der Waals surface area contributed by atoms with E-state index in [0.29, 0.717) is 17.1 Å². The number of halogens is 2. The number of methoxy groups -OCH3 is 1. The fourth-order valence-electron chi connectivity index (χ4n) is 1.72. The topological polar surface area (TPSA) is 38.3 Å². The molecule has 0 heterocycles. The molecule has 0 aliphatic heterocycles. The summed E-state index contributed by atoms with van der Waals surface area (Å²) >= 11 is 9.54. The maximum absolute atomic E-state index is 11.3. The molecule has 0 saturated heterocycles. The molecule has 0 unspecified atom stereocenters. The van der Waals surface area contributed by atoms with Gasteiger partial charge in [0.2, 0.25) is 0 Å². The zero-order chi connectivity index (χ0) is 14.5. The van der Waals surface area contributed by atoms with Crippen LogP contribution in [0.25, 0.3) is 0 Å². The zero-order valence-electron chi connectivity index (χ0n) is 10.8. The van der Waals surface area contributed by atoms with Crippen LogP contribution < -0.4 is 5.32 Å². The third kappa shape index (κ3) is 3.74. The summed E-state index contributed by atoms with van der Waals surface area (Å²) < 4.78 is 5.64. The van der Waals surface area contributed by atoms with Crippen molar-refractivity contribution in [1.29, 1.82) is 0 Å². The monoisotopic (exact) mass is 353 g/mol. The Hall–Kier alpha value is -1.52. The molecule has 2 rings (SSSR count). The lowest BCUT2D eigenvalue weighted by atomic mass is 10.2. The van der Waals surface area contributed by atoms with Crippen molar-refractivity contribution in [3.63, 3.8) is 0 Å². The Balaban J connectivity index is 2.04. The van der Waals surface area contributed by atoms with Crippen LogP contribution in [0.15, 0.2) is 46.9 Å². The van der Waals surface area contributed by atoms with E-state index in [-0.39, 0.29) is 5.97 Å². The molecule has 0 amide bonds. The second-order valence-corrected chi connectivity index (χ2v) is 5.48. The first-order valence-electron chi connectivity index (χ1n) is 5.96. The summed E-state index contributed by atoms with van der Waals surface area (Å²) in [6, 6.07) is 12.8. The van der Waals surface area contributed by atoms with E-state index in [0.717, 1.165) is 15.7 Å². The Bertz CT molecular complexity index is 614. The second-order valence-electron chi connectivity index (χ2n) is 4.16. The van der Waals surface area contributed by atoms with Crippen LogP contribution in [0.3, 0.4) is 0 Å². The number of benzene rings is 2. The van der Waals surface area contributed by atoms with Crippen molar-refractivity contribution in [2.75, 3.05) is 12.4 Å². The van der Waals surface area contributed by atoms with E-state index in [1.807, 2.05) is 30.3 Å². The van der Waals surface area contributed by atoms with Gasteiger partial charge in [-0.2, -0.15) is 0 Å². The van der Waals surface area contributed by atoms with Crippen LogP contribution in [0.1, 0.15) is 15.9 Å². The summed E-state index contributed by atoms with van der Waals surface area (Å²) in [7, 11) is 1.36. The van der Waals surface area contributed by atoms with Gasteiger partial charge >= 0.3 is 5.97 Å². The maximum Gasteiger partial charge on any atom is 0.337 e. The zero-order valence-corrected chi connectivity index (χ0v) is 13.2. The quantitative estimate of drug-likeness (QED) is 0.822. The molecule has 104 valence electrons. The minimum Gasteiger partial charge on any atom is -0.465 e. The van der Waals surface area contributed by atoms with Gasteiger partial charge in [0.1, 0.15) is 0 Å². The van der Waals surface area contributed by atoms with Crippen LogP contribution >= 0.6 is 27.5 Å². The van der Waals surface area contributed by atoms with Crippen LogP contribution in [0, 0.1) is 0 Å². The number of anilines is 1. The first-order chi connectivity index (χ1) is 9.60. The molecular weight excluding hydrogens is 342 g/mol. The van der Waals surface area contributed by atoms with E-state index >= 15 is 0 Å². The number of esters is 1. The van der Waals surface area contributed by atoms with Crippen molar-refractivity contribution in [2.45, 2.75) is 6.54 Å². The lowest BCUT2D eigenvalue weighted by Crippen LogP contribution is -2.03. The number of carbonyl (C=O) groups excluding carboxylic acids is 1. The standard InChI is InChI=1S/C15H13BrClNO2/c1-20-15(19)10-2-5-13(6-3-10)18-9-11-8-12(16)4-7-14(11)17/h2-8,18H,9H2,1H3. The van der Waals surface area contributed by atoms with Crippen LogP contribution in [0.2, 0.25) is 5.02 Å². The van der Waals surface area contributed by atoms with Crippen molar-refractivity contribution in [3.8, 4) is 0 Å². The van der Waals surface area contributed by atoms with Gasteiger partial charge in [-0.3, -0.25) is 0 Å². The molecule has 0 atom stereocenters. The third-order valence-corrected chi connectivity index (χ3v) is 3.66. The molecule has 0 radical (unpaired) electrons. The first-order valence-corrected chi connectivity index (χ1v) is 7.13. The van der Waals surface area contributed by atoms with E-state index in [4.69, 9.17) is 11.6 Å². The summed E-state index contributed by atoms with van der Waals surface area (Å²) in [4.78, 5) is 11.3. The normalized spacial score (nSPS) is 10.2. The Labute approximate surface area is 131 Å². The predicted molar refractivity (Wildman–Crippen MR) is 84.3 cm³/mol. The highest BCUT2D eigenvalue weighted by Crippen LogP contribution is 2.22. The molecule has 0 saturated carbocycles. The summed E-state index contributed by atoms with van der Waals surface area (Å²) in [6.07, 6.45) is 0. The lowest BCUT2D eigenvalue weighted by Gasteiger charge is -2.09. The van der Waals surface area contributed by atoms with Crippen LogP contribution in [0.5, 0.6) is 0 Å². The molecule has 0 aliphatic rings. The molecule has 0 aromatic heterocycles. The van der Waals surface area contributed by atoms with Crippen molar-refractivity contribution in [3.05, 3.63) is 63.1 Å². The summed E-state index contributed by atoms with van der Waals surface area (Å²) in [5, 5.41) is 3.97. The minimum absolute atomic E-state index is 0.341. The molecule has 20 heavy (non-hydrogen) atoms. The number of carbonyl (C=O) groups is 1. The van der Waals surface area contributed by atoms with Gasteiger partial charge in [0.25, 0.3) is 0 Å². The van der Waals surface area contributed by atoms with Crippen LogP contribution in [-0.2, 0) is 11.3 Å². The highest BCUT2D eigenvalue weighted by atomic mass is 79.9. The number of hydrogen-bond donors (Lipinski definition) is 1.